The van der Waals surface area contributed by atoms with Gasteiger partial charge in [0.2, 0.25) is 0 Å². The Morgan fingerprint density at radius 2 is 2.03 bits per heavy atom. The lowest BCUT2D eigenvalue weighted by molar-refractivity contribution is 0.0934. The Labute approximate surface area is 182 Å². The number of carbonyl (C=O) groups is 1. The normalized spacial score (nSPS) is 18.7. The predicted octanol–water partition coefficient (Wildman–Crippen LogP) is 2.34. The number of nitrogens with two attached hydrogens (primary N) is 1. The molecule has 1 amide bonds. The first-order valence-corrected chi connectivity index (χ1v) is 10.4. The number of hydrogen-bond acceptors (Lipinski definition) is 9. The molecular formula is C21H29N9O. The molecule has 2 atom stereocenters. The lowest BCUT2D eigenvalue weighted by atomic mass is 9.91. The summed E-state index contributed by atoms with van der Waals surface area (Å²) in [6.45, 7) is 6.66. The van der Waals surface area contributed by atoms with E-state index in [9.17, 15) is 4.79 Å². The fourth-order valence-electron chi connectivity index (χ4n) is 3.32. The summed E-state index contributed by atoms with van der Waals surface area (Å²) in [6.07, 6.45) is 6.66. The standard InChI is InChI=1S/C21H29N9O/c1-21(2,3)12-26-20(31)19-16(27-14-6-4-5-13(23)7-14)8-17(29-30-19)28-18-11-24-15(9-22)10-25-18/h8,10-11,13-14H,4-7,12,23H2,1-3H3,(H,26,31)(H2,25,27,28,29). The molecule has 0 aliphatic heterocycles. The van der Waals surface area contributed by atoms with Crippen molar-refractivity contribution in [1.82, 2.24) is 25.5 Å². The zero-order valence-electron chi connectivity index (χ0n) is 18.1. The monoisotopic (exact) mass is 423 g/mol. The van der Waals surface area contributed by atoms with E-state index >= 15 is 0 Å². The van der Waals surface area contributed by atoms with Gasteiger partial charge < -0.3 is 21.7 Å². The Morgan fingerprint density at radius 1 is 1.23 bits per heavy atom. The van der Waals surface area contributed by atoms with Crippen LogP contribution in [0.15, 0.2) is 18.5 Å². The lowest BCUT2D eigenvalue weighted by Crippen LogP contribution is -2.36. The number of nitrogens with one attached hydrogen (secondary N) is 3. The Morgan fingerprint density at radius 3 is 2.68 bits per heavy atom. The second-order valence-electron chi connectivity index (χ2n) is 9.03. The van der Waals surface area contributed by atoms with Crippen molar-refractivity contribution in [2.45, 2.75) is 58.5 Å². The molecule has 0 bridgehead atoms. The van der Waals surface area contributed by atoms with Gasteiger partial charge in [-0.3, -0.25) is 4.79 Å². The van der Waals surface area contributed by atoms with E-state index in [1.807, 2.05) is 26.8 Å². The number of nitrogens with zero attached hydrogens (tertiary/aromatic N) is 5. The molecule has 10 nitrogen and oxygen atoms in total. The van der Waals surface area contributed by atoms with E-state index in [4.69, 9.17) is 11.0 Å². The van der Waals surface area contributed by atoms with E-state index in [1.165, 1.54) is 12.4 Å². The molecule has 31 heavy (non-hydrogen) atoms. The molecule has 1 fully saturated rings. The van der Waals surface area contributed by atoms with Gasteiger partial charge in [-0.15, -0.1) is 10.2 Å². The number of anilines is 3. The molecule has 1 aliphatic carbocycles. The Bertz CT molecular complexity index is 947. The minimum Gasteiger partial charge on any atom is -0.380 e. The summed E-state index contributed by atoms with van der Waals surface area (Å²) in [6, 6.07) is 3.96. The summed E-state index contributed by atoms with van der Waals surface area (Å²) in [4.78, 5) is 20.9. The summed E-state index contributed by atoms with van der Waals surface area (Å²) < 4.78 is 0. The van der Waals surface area contributed by atoms with Crippen LogP contribution in [0, 0.1) is 16.7 Å². The molecule has 10 heteroatoms. The highest BCUT2D eigenvalue weighted by Crippen LogP contribution is 2.25. The predicted molar refractivity (Wildman–Crippen MR) is 118 cm³/mol. The third-order valence-corrected chi connectivity index (χ3v) is 4.89. The lowest BCUT2D eigenvalue weighted by Gasteiger charge is -2.28. The van der Waals surface area contributed by atoms with E-state index in [0.717, 1.165) is 25.7 Å². The van der Waals surface area contributed by atoms with E-state index in [-0.39, 0.29) is 34.8 Å². The molecule has 0 saturated heterocycles. The van der Waals surface area contributed by atoms with E-state index < -0.39 is 0 Å². The summed E-state index contributed by atoms with van der Waals surface area (Å²) in [5.41, 5.74) is 7.12. The molecule has 1 aliphatic rings. The molecule has 0 aromatic carbocycles. The zero-order valence-corrected chi connectivity index (χ0v) is 18.1. The maximum Gasteiger partial charge on any atom is 0.273 e. The average Bonchev–Trinajstić information content (AvgIpc) is 2.72. The van der Waals surface area contributed by atoms with Crippen molar-refractivity contribution in [3.63, 3.8) is 0 Å². The first-order valence-electron chi connectivity index (χ1n) is 10.4. The minimum atomic E-state index is -0.283. The second kappa shape index (κ2) is 9.66. The highest BCUT2D eigenvalue weighted by atomic mass is 16.1. The highest BCUT2D eigenvalue weighted by Gasteiger charge is 2.23. The fourth-order valence-corrected chi connectivity index (χ4v) is 3.32. The first-order chi connectivity index (χ1) is 14.7. The SMILES string of the molecule is CC(C)(C)CNC(=O)c1nnc(Nc2cnc(C#N)cn2)cc1NC1CCCC(N)C1. The van der Waals surface area contributed by atoms with Gasteiger partial charge >= 0.3 is 0 Å². The number of aromatic nitrogens is 4. The van der Waals surface area contributed by atoms with Crippen molar-refractivity contribution >= 4 is 23.2 Å². The molecule has 2 aromatic rings. The Hall–Kier alpha value is -3.32. The molecule has 164 valence electrons. The molecule has 0 spiro atoms. The van der Waals surface area contributed by atoms with Crippen molar-refractivity contribution in [3.8, 4) is 6.07 Å². The summed E-state index contributed by atoms with van der Waals surface area (Å²) in [5.74, 6) is 0.549. The molecule has 2 heterocycles. The number of rotatable bonds is 6. The van der Waals surface area contributed by atoms with Gasteiger partial charge in [-0.1, -0.05) is 20.8 Å². The zero-order chi connectivity index (χ0) is 22.4. The van der Waals surface area contributed by atoms with Gasteiger partial charge in [-0.2, -0.15) is 5.26 Å². The van der Waals surface area contributed by atoms with Gasteiger partial charge in [0, 0.05) is 24.7 Å². The van der Waals surface area contributed by atoms with Crippen LogP contribution in [0.25, 0.3) is 0 Å². The van der Waals surface area contributed by atoms with Crippen LogP contribution in [-0.2, 0) is 0 Å². The Kier molecular flexibility index (Phi) is 6.97. The second-order valence-corrected chi connectivity index (χ2v) is 9.03. The summed E-state index contributed by atoms with van der Waals surface area (Å²) in [5, 5.41) is 26.5. The summed E-state index contributed by atoms with van der Waals surface area (Å²) in [7, 11) is 0. The third-order valence-electron chi connectivity index (χ3n) is 4.89. The molecule has 1 saturated carbocycles. The summed E-state index contributed by atoms with van der Waals surface area (Å²) >= 11 is 0. The fraction of sp³-hybridized carbons (Fsp3) is 0.524. The van der Waals surface area contributed by atoms with Gasteiger partial charge in [0.25, 0.3) is 5.91 Å². The molecular weight excluding hydrogens is 394 g/mol. The van der Waals surface area contributed by atoms with E-state index in [2.05, 4.69) is 36.1 Å². The third kappa shape index (κ3) is 6.58. The van der Waals surface area contributed by atoms with Crippen LogP contribution in [0.3, 0.4) is 0 Å². The van der Waals surface area contributed by atoms with Gasteiger partial charge in [-0.05, 0) is 31.1 Å². The molecule has 5 N–H and O–H groups in total. The van der Waals surface area contributed by atoms with Crippen molar-refractivity contribution in [2.24, 2.45) is 11.1 Å². The number of nitriles is 1. The van der Waals surface area contributed by atoms with E-state index in [0.29, 0.717) is 23.9 Å². The van der Waals surface area contributed by atoms with Crippen LogP contribution in [0.1, 0.15) is 62.6 Å². The maximum atomic E-state index is 12.8. The molecule has 2 unspecified atom stereocenters. The topological polar surface area (TPSA) is 155 Å². The van der Waals surface area contributed by atoms with Crippen molar-refractivity contribution in [1.29, 1.82) is 5.26 Å². The number of amides is 1. The largest absolute Gasteiger partial charge is 0.380 e. The van der Waals surface area contributed by atoms with Crippen molar-refractivity contribution in [3.05, 3.63) is 29.8 Å². The van der Waals surface area contributed by atoms with Crippen molar-refractivity contribution in [2.75, 3.05) is 17.2 Å². The number of hydrogen-bond donors (Lipinski definition) is 4. The average molecular weight is 424 g/mol. The van der Waals surface area contributed by atoms with Crippen LogP contribution in [-0.4, -0.2) is 44.7 Å². The van der Waals surface area contributed by atoms with E-state index in [1.54, 1.807) is 6.07 Å². The van der Waals surface area contributed by atoms with Crippen LogP contribution in [0.5, 0.6) is 0 Å². The van der Waals surface area contributed by atoms with Crippen LogP contribution in [0.2, 0.25) is 0 Å². The van der Waals surface area contributed by atoms with Crippen molar-refractivity contribution < 1.29 is 4.79 Å². The van der Waals surface area contributed by atoms with Gasteiger partial charge in [0.1, 0.15) is 11.9 Å². The van der Waals surface area contributed by atoms with Gasteiger partial charge in [0.05, 0.1) is 18.1 Å². The van der Waals surface area contributed by atoms with Crippen LogP contribution < -0.4 is 21.7 Å². The quantitative estimate of drug-likeness (QED) is 0.548. The number of carbonyl (C=O) groups excluding carboxylic acids is 1. The Balaban J connectivity index is 1.82. The first kappa shape index (κ1) is 22.4. The van der Waals surface area contributed by atoms with Gasteiger partial charge in [-0.25, -0.2) is 9.97 Å². The molecule has 2 aromatic heterocycles. The van der Waals surface area contributed by atoms with Gasteiger partial charge in [0.15, 0.2) is 17.2 Å². The molecule has 3 rings (SSSR count). The highest BCUT2D eigenvalue weighted by molar-refractivity contribution is 5.98. The van der Waals surface area contributed by atoms with Crippen LogP contribution in [0.4, 0.5) is 17.3 Å². The smallest absolute Gasteiger partial charge is 0.273 e. The maximum absolute atomic E-state index is 12.8. The van der Waals surface area contributed by atoms with Crippen LogP contribution >= 0.6 is 0 Å². The molecule has 0 radical (unpaired) electrons. The minimum absolute atomic E-state index is 0.0530.